The Morgan fingerprint density at radius 2 is 1.80 bits per heavy atom. The van der Waals surface area contributed by atoms with Gasteiger partial charge in [-0.25, -0.2) is 12.2 Å². The zero-order valence-electron chi connectivity index (χ0n) is 3.44. The summed E-state index contributed by atoms with van der Waals surface area (Å²) in [6.45, 7) is 8.08. The molecule has 5 heavy (non-hydrogen) atoms. The Balaban J connectivity index is 0. The zero-order valence-corrected chi connectivity index (χ0v) is 5.44. The second-order valence-corrected chi connectivity index (χ2v) is 0.428. The van der Waals surface area contributed by atoms with E-state index in [-0.39, 0.29) is 29.6 Å². The van der Waals surface area contributed by atoms with Crippen molar-refractivity contribution in [3.05, 3.63) is 25.3 Å². The Morgan fingerprint density at radius 3 is 1.80 bits per heavy atom. The minimum atomic E-state index is 0. The third-order valence-electron chi connectivity index (χ3n) is 0.136. The van der Waals surface area contributed by atoms with Crippen LogP contribution in [-0.2, 0) is 0 Å². The maximum absolute atomic E-state index is 4.78. The quantitative estimate of drug-likeness (QED) is 0.196. The van der Waals surface area contributed by atoms with E-state index in [1.54, 1.807) is 0 Å². The molecule has 0 saturated carbocycles. The molecule has 0 N–H and O–H groups in total. The molecule has 0 radical (unpaired) electrons. The van der Waals surface area contributed by atoms with Gasteiger partial charge in [0, 0.05) is 0 Å². The van der Waals surface area contributed by atoms with Crippen LogP contribution in [0.2, 0.25) is 0 Å². The van der Waals surface area contributed by atoms with Gasteiger partial charge in [0.25, 0.3) is 0 Å². The Labute approximate surface area is 54.9 Å². The van der Waals surface area contributed by atoms with E-state index in [0.717, 1.165) is 0 Å². The van der Waals surface area contributed by atoms with Gasteiger partial charge in [-0.3, -0.25) is 6.58 Å². The summed E-state index contributed by atoms with van der Waals surface area (Å²) in [5.74, 6) is 0. The minimum Gasteiger partial charge on any atom is -0.293 e. The average Bonchev–Trinajstić information content (AvgIpc) is 1.37. The zero-order chi connectivity index (χ0) is 3.41. The first-order valence-corrected chi connectivity index (χ1v) is 1.07. The summed E-state index contributed by atoms with van der Waals surface area (Å²) in [6.07, 6.45) is 2.92. The Kier molecular flexibility index (Phi) is 16.0. The molecule has 0 saturated heterocycles. The molecule has 0 atom stereocenters. The van der Waals surface area contributed by atoms with Gasteiger partial charge in [-0.15, -0.1) is 0 Å². The average molecular weight is 76.1 g/mol. The van der Waals surface area contributed by atoms with Crippen molar-refractivity contribution in [2.75, 3.05) is 0 Å². The van der Waals surface area contributed by atoms with E-state index in [9.17, 15) is 0 Å². The van der Waals surface area contributed by atoms with Crippen molar-refractivity contribution >= 4 is 0 Å². The van der Waals surface area contributed by atoms with E-state index in [1.807, 2.05) is 0 Å². The minimum absolute atomic E-state index is 0. The van der Waals surface area contributed by atoms with E-state index >= 15 is 0 Å². The van der Waals surface area contributed by atoms with Gasteiger partial charge >= 0.3 is 29.6 Å². The van der Waals surface area contributed by atoms with E-state index in [4.69, 9.17) is 6.58 Å². The maximum Gasteiger partial charge on any atom is 1.00 e. The Morgan fingerprint density at radius 1 is 1.60 bits per heavy atom. The Hall–Kier alpha value is 0.480. The van der Waals surface area contributed by atoms with Crippen molar-refractivity contribution in [1.29, 1.82) is 0 Å². The van der Waals surface area contributed by atoms with E-state index in [1.165, 1.54) is 12.2 Å². The van der Waals surface area contributed by atoms with Crippen molar-refractivity contribution in [3.8, 4) is 0 Å². The molecule has 0 fully saturated rings. The van der Waals surface area contributed by atoms with Crippen LogP contribution < -0.4 is 29.6 Å². The van der Waals surface area contributed by atoms with Crippen LogP contribution in [-0.4, -0.2) is 0 Å². The predicted molar refractivity (Wildman–Crippen MR) is 19.1 cm³/mol. The molecule has 0 aromatic carbocycles. The van der Waals surface area contributed by atoms with Gasteiger partial charge in [-0.2, -0.15) is 6.58 Å². The summed E-state index contributed by atoms with van der Waals surface area (Å²) in [5, 5.41) is 0. The smallest absolute Gasteiger partial charge is 0.293 e. The van der Waals surface area contributed by atoms with Gasteiger partial charge in [-0.05, 0) is 0 Å². The summed E-state index contributed by atoms with van der Waals surface area (Å²) in [5.41, 5.74) is 0. The van der Waals surface area contributed by atoms with Crippen LogP contribution in [0.5, 0.6) is 0 Å². The first-order valence-electron chi connectivity index (χ1n) is 1.07. The molecule has 0 rings (SSSR count). The van der Waals surface area contributed by atoms with Crippen molar-refractivity contribution in [3.63, 3.8) is 0 Å². The number of allylic oxidation sites excluding steroid dienone is 2. The third-order valence-corrected chi connectivity index (χ3v) is 0.136. The van der Waals surface area contributed by atoms with Crippen LogP contribution in [0, 0.1) is 6.58 Å². The second kappa shape index (κ2) is 8.82. The normalized spacial score (nSPS) is 4.00. The maximum atomic E-state index is 4.78. The van der Waals surface area contributed by atoms with E-state index in [0.29, 0.717) is 0 Å². The summed E-state index contributed by atoms with van der Waals surface area (Å²) in [7, 11) is 0. The molecule has 0 aromatic heterocycles. The van der Waals surface area contributed by atoms with E-state index in [2.05, 4.69) is 6.58 Å². The fraction of sp³-hybridized carbons (Fsp3) is 0. The molecular weight excluding hydrogens is 71.0 g/mol. The molecule has 22 valence electrons. The summed E-state index contributed by atoms with van der Waals surface area (Å²) in [6, 6.07) is 0. The Bertz CT molecular complexity index is 24.6. The van der Waals surface area contributed by atoms with Crippen molar-refractivity contribution in [1.82, 2.24) is 0 Å². The molecule has 0 aliphatic carbocycles. The van der Waals surface area contributed by atoms with Crippen LogP contribution in [0.25, 0.3) is 0 Å². The van der Waals surface area contributed by atoms with Crippen molar-refractivity contribution in [2.24, 2.45) is 0 Å². The van der Waals surface area contributed by atoms with Crippen LogP contribution in [0.15, 0.2) is 18.7 Å². The fourth-order valence-electron chi connectivity index (χ4n) is 0. The van der Waals surface area contributed by atoms with Crippen molar-refractivity contribution < 1.29 is 29.6 Å². The number of hydrogen-bond donors (Lipinski definition) is 0. The molecule has 0 unspecified atom stereocenters. The molecular formula is C4H5Na. The largest absolute Gasteiger partial charge is 1.00 e. The summed E-state index contributed by atoms with van der Waals surface area (Å²) in [4.78, 5) is 0. The van der Waals surface area contributed by atoms with Crippen LogP contribution in [0.1, 0.15) is 0 Å². The molecule has 0 aliphatic rings. The van der Waals surface area contributed by atoms with Gasteiger partial charge in [0.05, 0.1) is 0 Å². The number of rotatable bonds is 1. The standard InChI is InChI=1S/C4H5.Na/c1-3-4-2;/h1,3-4H,2H2;/q-1;+1. The molecule has 0 aliphatic heterocycles. The van der Waals surface area contributed by atoms with Gasteiger partial charge in [-0.1, -0.05) is 0 Å². The predicted octanol–water partition coefficient (Wildman–Crippen LogP) is -1.83. The second-order valence-electron chi connectivity index (χ2n) is 0.428. The number of hydrogen-bond acceptors (Lipinski definition) is 0. The van der Waals surface area contributed by atoms with E-state index < -0.39 is 0 Å². The van der Waals surface area contributed by atoms with Gasteiger partial charge in [0.1, 0.15) is 0 Å². The molecule has 0 bridgehead atoms. The van der Waals surface area contributed by atoms with Gasteiger partial charge < -0.3 is 0 Å². The molecule has 0 amide bonds. The molecule has 0 spiro atoms. The molecule has 0 nitrogen and oxygen atoms in total. The first-order chi connectivity index (χ1) is 1.91. The topological polar surface area (TPSA) is 0 Å². The van der Waals surface area contributed by atoms with Crippen LogP contribution in [0.4, 0.5) is 0 Å². The van der Waals surface area contributed by atoms with Crippen LogP contribution in [0.3, 0.4) is 0 Å². The van der Waals surface area contributed by atoms with Gasteiger partial charge in [0.2, 0.25) is 0 Å². The summed E-state index contributed by atoms with van der Waals surface area (Å²) >= 11 is 0. The third kappa shape index (κ3) is 12.6. The monoisotopic (exact) mass is 76.0 g/mol. The first kappa shape index (κ1) is 9.08. The molecule has 1 heteroatoms. The van der Waals surface area contributed by atoms with Crippen LogP contribution >= 0.6 is 0 Å². The summed E-state index contributed by atoms with van der Waals surface area (Å²) < 4.78 is 0. The SMILES string of the molecule is [CH-]=CC=C.[Na+]. The molecule has 0 aromatic rings. The van der Waals surface area contributed by atoms with Gasteiger partial charge in [0.15, 0.2) is 0 Å². The fourth-order valence-corrected chi connectivity index (χ4v) is 0. The van der Waals surface area contributed by atoms with Crippen molar-refractivity contribution in [2.45, 2.75) is 0 Å². The molecule has 0 heterocycles.